The monoisotopic (exact) mass is 376 g/mol. The van der Waals surface area contributed by atoms with E-state index in [1.165, 1.54) is 6.07 Å². The number of hydrogen-bond donors (Lipinski definition) is 2. The van der Waals surface area contributed by atoms with E-state index in [4.69, 9.17) is 5.73 Å². The summed E-state index contributed by atoms with van der Waals surface area (Å²) in [5.74, 6) is -0.690. The van der Waals surface area contributed by atoms with Crippen LogP contribution in [-0.4, -0.2) is 22.4 Å². The Kier molecular flexibility index (Phi) is 4.77. The van der Waals surface area contributed by atoms with Crippen molar-refractivity contribution in [2.24, 2.45) is 5.73 Å². The molecule has 1 saturated carbocycles. The standard InChI is InChI=1S/C22H21FN4O/c23-18-3-1-12-25-20(18)22(10-2-11-22)14-27-17-8-9-19(26-13-17)15-4-6-16(7-5-15)21(24)28/h1,3-9,12-13,27H,2,10-11,14H2,(H2,24,28). The quantitative estimate of drug-likeness (QED) is 0.683. The predicted molar refractivity (Wildman–Crippen MR) is 106 cm³/mol. The number of hydrogen-bond acceptors (Lipinski definition) is 4. The molecule has 0 spiro atoms. The fourth-order valence-corrected chi connectivity index (χ4v) is 3.62. The number of amides is 1. The third kappa shape index (κ3) is 3.45. The van der Waals surface area contributed by atoms with Gasteiger partial charge in [-0.25, -0.2) is 4.39 Å². The van der Waals surface area contributed by atoms with Crippen LogP contribution in [0.25, 0.3) is 11.3 Å². The van der Waals surface area contributed by atoms with E-state index >= 15 is 0 Å². The number of nitrogens with zero attached hydrogens (tertiary/aromatic N) is 2. The molecule has 2 heterocycles. The first-order chi connectivity index (χ1) is 13.6. The number of nitrogens with one attached hydrogen (secondary N) is 1. The first kappa shape index (κ1) is 18.1. The minimum atomic E-state index is -0.451. The van der Waals surface area contributed by atoms with Crippen molar-refractivity contribution in [2.45, 2.75) is 24.7 Å². The lowest BCUT2D eigenvalue weighted by atomic mass is 9.66. The van der Waals surface area contributed by atoms with E-state index in [1.54, 1.807) is 30.6 Å². The van der Waals surface area contributed by atoms with Crippen LogP contribution in [0.4, 0.5) is 10.1 Å². The number of benzene rings is 1. The average Bonchev–Trinajstić information content (AvgIpc) is 2.69. The topological polar surface area (TPSA) is 80.9 Å². The molecule has 4 rings (SSSR count). The minimum Gasteiger partial charge on any atom is -0.383 e. The van der Waals surface area contributed by atoms with E-state index in [1.807, 2.05) is 24.3 Å². The predicted octanol–water partition coefficient (Wildman–Crippen LogP) is 3.92. The molecule has 1 amide bonds. The fourth-order valence-electron chi connectivity index (χ4n) is 3.62. The van der Waals surface area contributed by atoms with Gasteiger partial charge in [0, 0.05) is 29.3 Å². The first-order valence-electron chi connectivity index (χ1n) is 9.29. The number of carbonyl (C=O) groups excluding carboxylic acids is 1. The molecule has 5 nitrogen and oxygen atoms in total. The number of nitrogens with two attached hydrogens (primary N) is 1. The zero-order valence-electron chi connectivity index (χ0n) is 15.4. The van der Waals surface area contributed by atoms with Gasteiger partial charge in [0.25, 0.3) is 0 Å². The van der Waals surface area contributed by atoms with Crippen LogP contribution in [0.15, 0.2) is 60.9 Å². The zero-order valence-corrected chi connectivity index (χ0v) is 15.4. The van der Waals surface area contributed by atoms with Gasteiger partial charge in [0.1, 0.15) is 5.82 Å². The van der Waals surface area contributed by atoms with Crippen LogP contribution >= 0.6 is 0 Å². The highest BCUT2D eigenvalue weighted by atomic mass is 19.1. The van der Waals surface area contributed by atoms with Gasteiger partial charge >= 0.3 is 0 Å². The van der Waals surface area contributed by atoms with Gasteiger partial charge in [-0.15, -0.1) is 0 Å². The Bertz CT molecular complexity index is 982. The Morgan fingerprint density at radius 1 is 1.11 bits per heavy atom. The number of carbonyl (C=O) groups is 1. The van der Waals surface area contributed by atoms with Crippen molar-refractivity contribution >= 4 is 11.6 Å². The molecule has 0 unspecified atom stereocenters. The van der Waals surface area contributed by atoms with Gasteiger partial charge in [0.15, 0.2) is 0 Å². The van der Waals surface area contributed by atoms with Gasteiger partial charge in [-0.05, 0) is 49.2 Å². The fraction of sp³-hybridized carbons (Fsp3) is 0.227. The van der Waals surface area contributed by atoms with E-state index in [0.717, 1.165) is 36.2 Å². The van der Waals surface area contributed by atoms with E-state index in [-0.39, 0.29) is 11.2 Å². The summed E-state index contributed by atoms with van der Waals surface area (Å²) >= 11 is 0. The summed E-state index contributed by atoms with van der Waals surface area (Å²) < 4.78 is 14.2. The van der Waals surface area contributed by atoms with Crippen molar-refractivity contribution in [3.63, 3.8) is 0 Å². The molecule has 28 heavy (non-hydrogen) atoms. The van der Waals surface area contributed by atoms with Crippen LogP contribution in [0, 0.1) is 5.82 Å². The Morgan fingerprint density at radius 2 is 1.89 bits per heavy atom. The molecule has 1 fully saturated rings. The highest BCUT2D eigenvalue weighted by Gasteiger charge is 2.41. The number of rotatable bonds is 6. The Morgan fingerprint density at radius 3 is 2.46 bits per heavy atom. The maximum Gasteiger partial charge on any atom is 0.248 e. The zero-order chi connectivity index (χ0) is 19.6. The molecular weight excluding hydrogens is 355 g/mol. The molecule has 3 aromatic rings. The van der Waals surface area contributed by atoms with Gasteiger partial charge in [-0.3, -0.25) is 14.8 Å². The Hall–Kier alpha value is -3.28. The largest absolute Gasteiger partial charge is 0.383 e. The summed E-state index contributed by atoms with van der Waals surface area (Å²) in [6.07, 6.45) is 6.34. The molecule has 0 atom stereocenters. The second-order valence-electron chi connectivity index (χ2n) is 7.19. The molecule has 3 N–H and O–H groups in total. The molecule has 142 valence electrons. The van der Waals surface area contributed by atoms with Crippen molar-refractivity contribution in [3.8, 4) is 11.3 Å². The summed E-state index contributed by atoms with van der Waals surface area (Å²) in [6.45, 7) is 0.620. The highest BCUT2D eigenvalue weighted by molar-refractivity contribution is 5.93. The third-order valence-electron chi connectivity index (χ3n) is 5.43. The van der Waals surface area contributed by atoms with Gasteiger partial charge in [-0.1, -0.05) is 18.6 Å². The van der Waals surface area contributed by atoms with Crippen molar-refractivity contribution in [1.82, 2.24) is 9.97 Å². The lowest BCUT2D eigenvalue weighted by molar-refractivity contribution is 0.100. The molecule has 0 aliphatic heterocycles. The second-order valence-corrected chi connectivity index (χ2v) is 7.19. The summed E-state index contributed by atoms with van der Waals surface area (Å²) in [5, 5.41) is 3.39. The number of aromatic nitrogens is 2. The summed E-state index contributed by atoms with van der Waals surface area (Å²) in [5.41, 5.74) is 8.61. The van der Waals surface area contributed by atoms with Crippen molar-refractivity contribution in [3.05, 3.63) is 78.0 Å². The van der Waals surface area contributed by atoms with Gasteiger partial charge < -0.3 is 11.1 Å². The van der Waals surface area contributed by atoms with Crippen LogP contribution in [0.3, 0.4) is 0 Å². The Labute approximate surface area is 162 Å². The van der Waals surface area contributed by atoms with E-state index < -0.39 is 5.91 Å². The number of anilines is 1. The van der Waals surface area contributed by atoms with Crippen LogP contribution < -0.4 is 11.1 Å². The molecule has 1 aliphatic rings. The molecule has 0 bridgehead atoms. The lowest BCUT2D eigenvalue weighted by Gasteiger charge is -2.41. The van der Waals surface area contributed by atoms with Crippen molar-refractivity contribution in [2.75, 3.05) is 11.9 Å². The van der Waals surface area contributed by atoms with Crippen LogP contribution in [-0.2, 0) is 5.41 Å². The molecule has 6 heteroatoms. The van der Waals surface area contributed by atoms with Gasteiger partial charge in [0.2, 0.25) is 5.91 Å². The number of halogens is 1. The molecular formula is C22H21FN4O. The first-order valence-corrected chi connectivity index (χ1v) is 9.29. The van der Waals surface area contributed by atoms with E-state index in [2.05, 4.69) is 15.3 Å². The maximum atomic E-state index is 14.2. The smallest absolute Gasteiger partial charge is 0.248 e. The molecule has 0 saturated heterocycles. The second kappa shape index (κ2) is 7.38. The molecule has 2 aromatic heterocycles. The summed E-state index contributed by atoms with van der Waals surface area (Å²) in [4.78, 5) is 20.0. The SMILES string of the molecule is NC(=O)c1ccc(-c2ccc(NCC3(c4ncccc4F)CCC3)cn2)cc1. The number of pyridine rings is 2. The molecule has 1 aromatic carbocycles. The third-order valence-corrected chi connectivity index (χ3v) is 5.43. The Balaban J connectivity index is 1.46. The van der Waals surface area contributed by atoms with Crippen LogP contribution in [0.1, 0.15) is 35.3 Å². The maximum absolute atomic E-state index is 14.2. The number of primary amides is 1. The highest BCUT2D eigenvalue weighted by Crippen LogP contribution is 2.43. The minimum absolute atomic E-state index is 0.239. The van der Waals surface area contributed by atoms with Crippen molar-refractivity contribution in [1.29, 1.82) is 0 Å². The van der Waals surface area contributed by atoms with Crippen LogP contribution in [0.2, 0.25) is 0 Å². The molecule has 0 radical (unpaired) electrons. The van der Waals surface area contributed by atoms with E-state index in [9.17, 15) is 9.18 Å². The average molecular weight is 376 g/mol. The summed E-state index contributed by atoms with van der Waals surface area (Å²) in [6, 6.07) is 14.0. The molecule has 1 aliphatic carbocycles. The lowest BCUT2D eigenvalue weighted by Crippen LogP contribution is -2.42. The van der Waals surface area contributed by atoms with Crippen molar-refractivity contribution < 1.29 is 9.18 Å². The van der Waals surface area contributed by atoms with E-state index in [0.29, 0.717) is 17.8 Å². The normalized spacial score (nSPS) is 14.9. The van der Waals surface area contributed by atoms with Crippen LogP contribution in [0.5, 0.6) is 0 Å². The summed E-state index contributed by atoms with van der Waals surface area (Å²) in [7, 11) is 0. The van der Waals surface area contributed by atoms with Gasteiger partial charge in [0.05, 0.1) is 23.3 Å². The van der Waals surface area contributed by atoms with Gasteiger partial charge in [-0.2, -0.15) is 0 Å².